The summed E-state index contributed by atoms with van der Waals surface area (Å²) in [4.78, 5) is 24.3. The van der Waals surface area contributed by atoms with Crippen LogP contribution in [0.25, 0.3) is 0 Å². The molecule has 0 spiro atoms. The average molecular weight is 599 g/mol. The number of rotatable bonds is 7. The zero-order chi connectivity index (χ0) is 27.5. The molecule has 2 atom stereocenters. The molecule has 0 radical (unpaired) electrons. The van der Waals surface area contributed by atoms with Crippen LogP contribution in [0.5, 0.6) is 5.75 Å². The minimum absolute atomic E-state index is 0. The zero-order valence-corrected chi connectivity index (χ0v) is 24.8. The number of aryl methyl sites for hydroxylation is 1. The van der Waals surface area contributed by atoms with Crippen molar-refractivity contribution in [2.24, 2.45) is 5.73 Å². The van der Waals surface area contributed by atoms with E-state index in [2.05, 4.69) is 22.1 Å². The molecular formula is C31H34Cl2FN5O2. The van der Waals surface area contributed by atoms with Crippen LogP contribution in [0.4, 0.5) is 21.8 Å². The maximum atomic E-state index is 13.3. The first-order chi connectivity index (χ1) is 18.8. The molecular weight excluding hydrogens is 564 g/mol. The number of benzene rings is 3. The third kappa shape index (κ3) is 7.33. The highest BCUT2D eigenvalue weighted by molar-refractivity contribution is 5.85. The maximum absolute atomic E-state index is 13.3. The van der Waals surface area contributed by atoms with Crippen molar-refractivity contribution in [3.8, 4) is 5.75 Å². The van der Waals surface area contributed by atoms with Gasteiger partial charge in [0.2, 0.25) is 5.95 Å². The van der Waals surface area contributed by atoms with Crippen LogP contribution >= 0.6 is 24.8 Å². The number of nitrogens with one attached hydrogen (secondary N) is 1. The molecule has 3 N–H and O–H groups in total. The molecule has 5 rings (SSSR count). The van der Waals surface area contributed by atoms with Crippen molar-refractivity contribution in [1.29, 1.82) is 0 Å². The van der Waals surface area contributed by atoms with Crippen molar-refractivity contribution < 1.29 is 13.9 Å². The van der Waals surface area contributed by atoms with Crippen LogP contribution in [0.15, 0.2) is 72.8 Å². The Kier molecular flexibility index (Phi) is 10.7. The van der Waals surface area contributed by atoms with E-state index in [1.807, 2.05) is 62.4 Å². The molecule has 0 saturated carbocycles. The number of halogens is 3. The van der Waals surface area contributed by atoms with Crippen LogP contribution in [-0.2, 0) is 17.6 Å². The van der Waals surface area contributed by atoms with E-state index in [0.717, 1.165) is 46.7 Å². The molecule has 0 bridgehead atoms. The molecule has 1 aromatic heterocycles. The summed E-state index contributed by atoms with van der Waals surface area (Å²) in [7, 11) is 0. The highest BCUT2D eigenvalue weighted by Crippen LogP contribution is 2.36. The number of nitrogens with two attached hydrogens (primary N) is 1. The lowest BCUT2D eigenvalue weighted by Crippen LogP contribution is -2.37. The standard InChI is InChI=1S/C31H32FN5O2.2ClH/c1-19-20(2)34-31(35-25-11-9-24(32)10-12-25)36-29(19)37-16-15-23-18-26(13-14-27(23)21(37)3)39-30(38)28(33)17-22-7-5-4-6-8-22;;/h4-14,18,21,28H,15-17,33H2,1-3H3,(H,34,35,36);2*1H. The van der Waals surface area contributed by atoms with Gasteiger partial charge in [0.15, 0.2) is 0 Å². The predicted molar refractivity (Wildman–Crippen MR) is 165 cm³/mol. The molecule has 7 nitrogen and oxygen atoms in total. The third-order valence-corrected chi connectivity index (χ3v) is 7.21. The normalized spacial score (nSPS) is 14.7. The highest BCUT2D eigenvalue weighted by atomic mass is 35.5. The van der Waals surface area contributed by atoms with Gasteiger partial charge in [-0.2, -0.15) is 4.98 Å². The van der Waals surface area contributed by atoms with Crippen LogP contribution < -0.4 is 20.7 Å². The van der Waals surface area contributed by atoms with Crippen molar-refractivity contribution in [3.05, 3.63) is 107 Å². The van der Waals surface area contributed by atoms with Gasteiger partial charge in [0.05, 0.1) is 6.04 Å². The van der Waals surface area contributed by atoms with Crippen molar-refractivity contribution in [2.45, 2.75) is 45.7 Å². The third-order valence-electron chi connectivity index (χ3n) is 7.21. The summed E-state index contributed by atoms with van der Waals surface area (Å²) in [6, 6.07) is 20.9. The Morgan fingerprint density at radius 3 is 2.49 bits per heavy atom. The largest absolute Gasteiger partial charge is 0.425 e. The zero-order valence-electron chi connectivity index (χ0n) is 23.1. The topological polar surface area (TPSA) is 93.4 Å². The molecule has 10 heteroatoms. The summed E-state index contributed by atoms with van der Waals surface area (Å²) in [6.07, 6.45) is 1.19. The Hall–Kier alpha value is -3.72. The molecule has 0 saturated heterocycles. The molecule has 0 fully saturated rings. The molecule has 1 aliphatic rings. The van der Waals surface area contributed by atoms with Crippen LogP contribution in [0, 0.1) is 19.7 Å². The summed E-state index contributed by atoms with van der Waals surface area (Å²) < 4.78 is 19.0. The van der Waals surface area contributed by atoms with Crippen molar-refractivity contribution >= 4 is 48.2 Å². The van der Waals surface area contributed by atoms with Crippen LogP contribution in [0.3, 0.4) is 0 Å². The Morgan fingerprint density at radius 2 is 1.78 bits per heavy atom. The van der Waals surface area contributed by atoms with Crippen LogP contribution in [0.2, 0.25) is 0 Å². The van der Waals surface area contributed by atoms with Gasteiger partial charge in [-0.1, -0.05) is 36.4 Å². The van der Waals surface area contributed by atoms with Crippen LogP contribution in [0.1, 0.15) is 40.9 Å². The quantitative estimate of drug-likeness (QED) is 0.187. The second kappa shape index (κ2) is 13.8. The minimum Gasteiger partial charge on any atom is -0.425 e. The van der Waals surface area contributed by atoms with Gasteiger partial charge in [-0.3, -0.25) is 0 Å². The number of ether oxygens (including phenoxy) is 1. The fourth-order valence-electron chi connectivity index (χ4n) is 4.92. The van der Waals surface area contributed by atoms with Gasteiger partial charge < -0.3 is 20.7 Å². The van der Waals surface area contributed by atoms with E-state index in [1.165, 1.54) is 12.1 Å². The Labute approximate surface area is 252 Å². The lowest BCUT2D eigenvalue weighted by atomic mass is 9.93. The number of anilines is 3. The number of carbonyl (C=O) groups is 1. The molecule has 4 aromatic rings. The number of hydrogen-bond acceptors (Lipinski definition) is 7. The first kappa shape index (κ1) is 31.8. The lowest BCUT2D eigenvalue weighted by molar-refractivity contribution is -0.135. The second-order valence-corrected chi connectivity index (χ2v) is 9.91. The van der Waals surface area contributed by atoms with E-state index < -0.39 is 12.0 Å². The van der Waals surface area contributed by atoms with Gasteiger partial charge in [0.25, 0.3) is 0 Å². The number of aromatic nitrogens is 2. The molecule has 0 amide bonds. The monoisotopic (exact) mass is 597 g/mol. The summed E-state index contributed by atoms with van der Waals surface area (Å²) >= 11 is 0. The fraction of sp³-hybridized carbons (Fsp3) is 0.258. The number of hydrogen-bond donors (Lipinski definition) is 2. The van der Waals surface area contributed by atoms with Gasteiger partial charge in [-0.05, 0) is 86.7 Å². The lowest BCUT2D eigenvalue weighted by Gasteiger charge is -2.37. The van der Waals surface area contributed by atoms with E-state index in [4.69, 9.17) is 15.5 Å². The number of esters is 1. The van der Waals surface area contributed by atoms with Gasteiger partial charge in [-0.15, -0.1) is 24.8 Å². The van der Waals surface area contributed by atoms with Gasteiger partial charge >= 0.3 is 5.97 Å². The molecule has 2 unspecified atom stereocenters. The summed E-state index contributed by atoms with van der Waals surface area (Å²) in [5.41, 5.74) is 12.0. The fourth-order valence-corrected chi connectivity index (χ4v) is 4.92. The predicted octanol–water partition coefficient (Wildman–Crippen LogP) is 6.42. The smallest absolute Gasteiger partial charge is 0.328 e. The van der Waals surface area contributed by atoms with Crippen LogP contribution in [-0.4, -0.2) is 28.5 Å². The molecule has 216 valence electrons. The Balaban J connectivity index is 0.00000231. The van der Waals surface area contributed by atoms with E-state index in [1.54, 1.807) is 12.1 Å². The summed E-state index contributed by atoms with van der Waals surface area (Å²) in [5, 5.41) is 3.19. The summed E-state index contributed by atoms with van der Waals surface area (Å²) in [6.45, 7) is 6.87. The molecule has 41 heavy (non-hydrogen) atoms. The van der Waals surface area contributed by atoms with E-state index in [9.17, 15) is 9.18 Å². The SMILES string of the molecule is Cc1nc(Nc2ccc(F)cc2)nc(N2CCc3cc(OC(=O)C(N)Cc4ccccc4)ccc3C2C)c1C.Cl.Cl. The molecule has 0 aliphatic carbocycles. The van der Waals surface area contributed by atoms with Gasteiger partial charge in [-0.25, -0.2) is 14.2 Å². The van der Waals surface area contributed by atoms with Crippen molar-refractivity contribution in [2.75, 3.05) is 16.8 Å². The average Bonchev–Trinajstić information content (AvgIpc) is 2.93. The van der Waals surface area contributed by atoms with Crippen molar-refractivity contribution in [1.82, 2.24) is 9.97 Å². The molecule has 3 aromatic carbocycles. The molecule has 1 aliphatic heterocycles. The highest BCUT2D eigenvalue weighted by Gasteiger charge is 2.28. The number of fused-ring (bicyclic) bond motifs is 1. The maximum Gasteiger partial charge on any atom is 0.328 e. The number of nitrogens with zero attached hydrogens (tertiary/aromatic N) is 3. The first-order valence-electron chi connectivity index (χ1n) is 13.1. The van der Waals surface area contributed by atoms with Gasteiger partial charge in [0.1, 0.15) is 23.4 Å². The van der Waals surface area contributed by atoms with E-state index in [0.29, 0.717) is 23.8 Å². The Morgan fingerprint density at radius 1 is 1.07 bits per heavy atom. The van der Waals surface area contributed by atoms with Crippen molar-refractivity contribution in [3.63, 3.8) is 0 Å². The molecule has 2 heterocycles. The Bertz CT molecular complexity index is 1490. The summed E-state index contributed by atoms with van der Waals surface area (Å²) in [5.74, 6) is 1.08. The van der Waals surface area contributed by atoms with Gasteiger partial charge in [0, 0.05) is 23.5 Å². The van der Waals surface area contributed by atoms with E-state index in [-0.39, 0.29) is 36.7 Å². The minimum atomic E-state index is -0.737. The van der Waals surface area contributed by atoms with E-state index >= 15 is 0 Å². The number of carbonyl (C=O) groups excluding carboxylic acids is 1. The first-order valence-corrected chi connectivity index (χ1v) is 13.1. The second-order valence-electron chi connectivity index (χ2n) is 9.91.